The number of ether oxygens (including phenoxy) is 1. The Morgan fingerprint density at radius 2 is 2.13 bits per heavy atom. The van der Waals surface area contributed by atoms with E-state index in [1.807, 2.05) is 11.4 Å². The minimum atomic E-state index is -0.401. The number of carbonyl (C=O) groups excluding carboxylic acids is 2. The molecule has 1 atom stereocenters. The van der Waals surface area contributed by atoms with Gasteiger partial charge in [0.1, 0.15) is 11.6 Å². The number of hydrogen-bond acceptors (Lipinski definition) is 5. The lowest BCUT2D eigenvalue weighted by atomic mass is 9.97. The number of piperidine rings is 1. The van der Waals surface area contributed by atoms with Gasteiger partial charge in [0.05, 0.1) is 10.8 Å². The van der Waals surface area contributed by atoms with Gasteiger partial charge in [-0.15, -0.1) is 11.3 Å². The van der Waals surface area contributed by atoms with E-state index in [0.29, 0.717) is 35.2 Å². The number of benzene rings is 1. The molecule has 2 amide bonds. The predicted molar refractivity (Wildman–Crippen MR) is 116 cm³/mol. The van der Waals surface area contributed by atoms with Crippen LogP contribution in [-0.2, 0) is 11.3 Å². The van der Waals surface area contributed by atoms with Crippen LogP contribution in [-0.4, -0.2) is 34.8 Å². The number of hydrogen-bond donors (Lipinski definition) is 1. The second-order valence-corrected chi connectivity index (χ2v) is 8.26. The molecule has 3 aromatic rings. The van der Waals surface area contributed by atoms with E-state index >= 15 is 0 Å². The first-order valence-corrected chi connectivity index (χ1v) is 11.0. The topological polar surface area (TPSA) is 71.5 Å². The summed E-state index contributed by atoms with van der Waals surface area (Å²) in [5.74, 6) is -0.147. The number of amides is 2. The maximum atomic E-state index is 13.4. The van der Waals surface area contributed by atoms with Crippen LogP contribution in [0.3, 0.4) is 0 Å². The zero-order chi connectivity index (χ0) is 21.6. The average molecular weight is 440 g/mol. The van der Waals surface area contributed by atoms with E-state index in [1.165, 1.54) is 23.5 Å². The molecular weight excluding hydrogens is 417 g/mol. The molecule has 3 heterocycles. The maximum absolute atomic E-state index is 13.4. The van der Waals surface area contributed by atoms with E-state index in [0.717, 1.165) is 12.8 Å². The fourth-order valence-corrected chi connectivity index (χ4v) is 4.24. The van der Waals surface area contributed by atoms with Crippen molar-refractivity contribution in [2.45, 2.75) is 19.4 Å². The third-order valence-corrected chi connectivity index (χ3v) is 5.98. The largest absolute Gasteiger partial charge is 0.439 e. The van der Waals surface area contributed by atoms with Crippen molar-refractivity contribution in [3.63, 3.8) is 0 Å². The Labute approximate surface area is 183 Å². The van der Waals surface area contributed by atoms with Gasteiger partial charge >= 0.3 is 0 Å². The number of thiophene rings is 1. The van der Waals surface area contributed by atoms with E-state index in [-0.39, 0.29) is 24.3 Å². The number of nitrogens with zero attached hydrogens (tertiary/aromatic N) is 2. The number of rotatable bonds is 6. The van der Waals surface area contributed by atoms with Crippen LogP contribution >= 0.6 is 11.3 Å². The van der Waals surface area contributed by atoms with E-state index in [4.69, 9.17) is 4.74 Å². The van der Waals surface area contributed by atoms with E-state index < -0.39 is 5.82 Å². The Morgan fingerprint density at radius 1 is 1.23 bits per heavy atom. The molecule has 0 radical (unpaired) electrons. The van der Waals surface area contributed by atoms with Crippen LogP contribution in [0.15, 0.2) is 60.1 Å². The molecule has 2 aromatic heterocycles. The monoisotopic (exact) mass is 439 g/mol. The molecule has 1 aliphatic heterocycles. The van der Waals surface area contributed by atoms with E-state index in [9.17, 15) is 14.0 Å². The van der Waals surface area contributed by atoms with E-state index in [1.54, 1.807) is 41.4 Å². The minimum absolute atomic E-state index is 0.0226. The summed E-state index contributed by atoms with van der Waals surface area (Å²) in [5.41, 5.74) is 0.683. The molecule has 1 aliphatic rings. The lowest BCUT2D eigenvalue weighted by molar-refractivity contribution is -0.126. The summed E-state index contributed by atoms with van der Waals surface area (Å²) >= 11 is 1.41. The number of nitrogens with one attached hydrogen (secondary N) is 1. The zero-order valence-corrected chi connectivity index (χ0v) is 17.6. The molecule has 8 heteroatoms. The highest BCUT2D eigenvalue weighted by atomic mass is 32.1. The normalized spacial score (nSPS) is 16.0. The highest BCUT2D eigenvalue weighted by Gasteiger charge is 2.29. The lowest BCUT2D eigenvalue weighted by Crippen LogP contribution is -2.45. The molecule has 31 heavy (non-hydrogen) atoms. The molecule has 1 N–H and O–H groups in total. The molecule has 1 saturated heterocycles. The summed E-state index contributed by atoms with van der Waals surface area (Å²) in [7, 11) is 0. The summed E-state index contributed by atoms with van der Waals surface area (Å²) in [6.07, 6.45) is 3.10. The highest BCUT2D eigenvalue weighted by Crippen LogP contribution is 2.24. The van der Waals surface area contributed by atoms with Gasteiger partial charge in [0.25, 0.3) is 5.91 Å². The van der Waals surface area contributed by atoms with Gasteiger partial charge in [-0.25, -0.2) is 9.37 Å². The number of pyridine rings is 1. The summed E-state index contributed by atoms with van der Waals surface area (Å²) in [4.78, 5) is 32.0. The Balaban J connectivity index is 1.37. The van der Waals surface area contributed by atoms with Crippen LogP contribution < -0.4 is 10.1 Å². The van der Waals surface area contributed by atoms with Crippen molar-refractivity contribution >= 4 is 23.2 Å². The van der Waals surface area contributed by atoms with Crippen molar-refractivity contribution in [1.82, 2.24) is 15.2 Å². The molecule has 160 valence electrons. The molecule has 0 saturated carbocycles. The molecular formula is C23H22FN3O3S. The highest BCUT2D eigenvalue weighted by molar-refractivity contribution is 7.12. The lowest BCUT2D eigenvalue weighted by Gasteiger charge is -2.31. The predicted octanol–water partition coefficient (Wildman–Crippen LogP) is 4.24. The molecule has 1 unspecified atom stereocenters. The van der Waals surface area contributed by atoms with Gasteiger partial charge in [0.2, 0.25) is 11.8 Å². The van der Waals surface area contributed by atoms with Gasteiger partial charge < -0.3 is 15.0 Å². The zero-order valence-electron chi connectivity index (χ0n) is 16.8. The summed E-state index contributed by atoms with van der Waals surface area (Å²) in [6.45, 7) is 1.30. The smallest absolute Gasteiger partial charge is 0.263 e. The molecule has 0 aliphatic carbocycles. The summed E-state index contributed by atoms with van der Waals surface area (Å²) in [5, 5.41) is 4.81. The van der Waals surface area contributed by atoms with Gasteiger partial charge in [-0.1, -0.05) is 18.2 Å². The van der Waals surface area contributed by atoms with Gasteiger partial charge in [-0.05, 0) is 42.5 Å². The average Bonchev–Trinajstić information content (AvgIpc) is 3.33. The SMILES string of the molecule is O=C(NCc1cccnc1Oc1cccc(F)c1)C1CCCN(C(=O)c2cccs2)C1. The minimum Gasteiger partial charge on any atom is -0.439 e. The van der Waals surface area contributed by atoms with Crippen molar-refractivity contribution in [3.8, 4) is 11.6 Å². The maximum Gasteiger partial charge on any atom is 0.263 e. The molecule has 4 rings (SSSR count). The molecule has 0 spiro atoms. The van der Waals surface area contributed by atoms with E-state index in [2.05, 4.69) is 10.3 Å². The molecule has 6 nitrogen and oxygen atoms in total. The Hall–Kier alpha value is -3.26. The third-order valence-electron chi connectivity index (χ3n) is 5.12. The first kappa shape index (κ1) is 21.0. The quantitative estimate of drug-likeness (QED) is 0.624. The van der Waals surface area contributed by atoms with Crippen LogP contribution in [0, 0.1) is 11.7 Å². The fraction of sp³-hybridized carbons (Fsp3) is 0.261. The fourth-order valence-electron chi connectivity index (χ4n) is 3.55. The number of halogens is 1. The first-order chi connectivity index (χ1) is 15.1. The second-order valence-electron chi connectivity index (χ2n) is 7.31. The van der Waals surface area contributed by atoms with Crippen LogP contribution in [0.2, 0.25) is 0 Å². The standard InChI is InChI=1S/C23H22FN3O3S/c24-18-7-1-8-19(13-18)30-22-16(5-2-10-25-22)14-26-21(28)17-6-3-11-27(15-17)23(29)20-9-4-12-31-20/h1-2,4-5,7-10,12-13,17H,3,6,11,14-15H2,(H,26,28). The van der Waals surface area contributed by atoms with Crippen molar-refractivity contribution in [2.24, 2.45) is 5.92 Å². The van der Waals surface area contributed by atoms with Gasteiger partial charge in [-0.3, -0.25) is 9.59 Å². The van der Waals surface area contributed by atoms with Crippen LogP contribution in [0.5, 0.6) is 11.6 Å². The van der Waals surface area contributed by atoms with Crippen molar-refractivity contribution in [3.05, 3.63) is 76.4 Å². The van der Waals surface area contributed by atoms with Crippen LogP contribution in [0.1, 0.15) is 28.1 Å². The number of carbonyl (C=O) groups is 2. The third kappa shape index (κ3) is 5.27. The number of likely N-dealkylation sites (tertiary alicyclic amines) is 1. The van der Waals surface area contributed by atoms with Gasteiger partial charge in [0.15, 0.2) is 0 Å². The van der Waals surface area contributed by atoms with Crippen LogP contribution in [0.4, 0.5) is 4.39 Å². The number of aromatic nitrogens is 1. The van der Waals surface area contributed by atoms with Crippen molar-refractivity contribution in [2.75, 3.05) is 13.1 Å². The summed E-state index contributed by atoms with van der Waals surface area (Å²) < 4.78 is 19.1. The molecule has 1 fully saturated rings. The van der Waals surface area contributed by atoms with Crippen LogP contribution in [0.25, 0.3) is 0 Å². The van der Waals surface area contributed by atoms with Gasteiger partial charge in [0, 0.05) is 37.5 Å². The Kier molecular flexibility index (Phi) is 6.57. The Morgan fingerprint density at radius 3 is 2.94 bits per heavy atom. The van der Waals surface area contributed by atoms with Crippen molar-refractivity contribution in [1.29, 1.82) is 0 Å². The summed E-state index contributed by atoms with van der Waals surface area (Å²) in [6, 6.07) is 13.0. The first-order valence-electron chi connectivity index (χ1n) is 10.1. The molecule has 0 bridgehead atoms. The van der Waals surface area contributed by atoms with Crippen molar-refractivity contribution < 1.29 is 18.7 Å². The van der Waals surface area contributed by atoms with Gasteiger partial charge in [-0.2, -0.15) is 0 Å². The molecule has 1 aromatic carbocycles. The second kappa shape index (κ2) is 9.70. The Bertz CT molecular complexity index is 1060.